The van der Waals surface area contributed by atoms with Crippen molar-refractivity contribution in [2.45, 2.75) is 18.8 Å². The number of hydrogen-bond acceptors (Lipinski definition) is 2. The van der Waals surface area contributed by atoms with Gasteiger partial charge in [0.1, 0.15) is 0 Å². The second kappa shape index (κ2) is 5.12. The van der Waals surface area contributed by atoms with E-state index in [0.717, 1.165) is 19.4 Å². The van der Waals surface area contributed by atoms with Gasteiger partial charge in [-0.1, -0.05) is 30.3 Å². The summed E-state index contributed by atoms with van der Waals surface area (Å²) in [5.74, 6) is 0.533. The van der Waals surface area contributed by atoms with Crippen molar-refractivity contribution in [3.05, 3.63) is 35.9 Å². The Labute approximate surface area is 96.0 Å². The fraction of sp³-hybridized carbons (Fsp3) is 0.462. The molecule has 0 spiro atoms. The second-order valence-electron chi connectivity index (χ2n) is 4.28. The molecule has 0 aromatic heterocycles. The molecule has 1 heterocycles. The average Bonchev–Trinajstić information content (AvgIpc) is 2.33. The standard InChI is InChI=1S/C13H18N2O/c14-8-6-12-11(7-9-15-13(12)16)10-4-2-1-3-5-10/h1-5,11-12H,6-9,14H2,(H,15,16). The molecule has 16 heavy (non-hydrogen) atoms. The van der Waals surface area contributed by atoms with Crippen molar-refractivity contribution in [3.8, 4) is 0 Å². The van der Waals surface area contributed by atoms with Gasteiger partial charge in [-0.2, -0.15) is 0 Å². The van der Waals surface area contributed by atoms with E-state index < -0.39 is 0 Å². The van der Waals surface area contributed by atoms with E-state index in [0.29, 0.717) is 12.5 Å². The van der Waals surface area contributed by atoms with Crippen molar-refractivity contribution in [1.29, 1.82) is 0 Å². The van der Waals surface area contributed by atoms with Gasteiger partial charge >= 0.3 is 0 Å². The van der Waals surface area contributed by atoms with E-state index in [1.54, 1.807) is 0 Å². The molecule has 3 nitrogen and oxygen atoms in total. The smallest absolute Gasteiger partial charge is 0.223 e. The Morgan fingerprint density at radius 2 is 2.06 bits per heavy atom. The van der Waals surface area contributed by atoms with Crippen molar-refractivity contribution >= 4 is 5.91 Å². The third-order valence-corrected chi connectivity index (χ3v) is 3.28. The highest BCUT2D eigenvalue weighted by molar-refractivity contribution is 5.80. The van der Waals surface area contributed by atoms with Gasteiger partial charge in [0.15, 0.2) is 0 Å². The van der Waals surface area contributed by atoms with E-state index in [9.17, 15) is 4.79 Å². The number of piperidine rings is 1. The van der Waals surface area contributed by atoms with Crippen LogP contribution in [-0.4, -0.2) is 19.0 Å². The lowest BCUT2D eigenvalue weighted by molar-refractivity contribution is -0.127. The predicted molar refractivity (Wildman–Crippen MR) is 64.0 cm³/mol. The van der Waals surface area contributed by atoms with Gasteiger partial charge in [0.25, 0.3) is 0 Å². The third-order valence-electron chi connectivity index (χ3n) is 3.28. The summed E-state index contributed by atoms with van der Waals surface area (Å²) in [6.45, 7) is 1.35. The largest absolute Gasteiger partial charge is 0.356 e. The van der Waals surface area contributed by atoms with Gasteiger partial charge in [0.2, 0.25) is 5.91 Å². The normalized spacial score (nSPS) is 25.2. The van der Waals surface area contributed by atoms with Gasteiger partial charge in [-0.05, 0) is 30.9 Å². The minimum atomic E-state index is 0.0427. The zero-order chi connectivity index (χ0) is 11.4. The van der Waals surface area contributed by atoms with Crippen LogP contribution in [0.1, 0.15) is 24.3 Å². The Morgan fingerprint density at radius 1 is 1.31 bits per heavy atom. The first kappa shape index (κ1) is 11.1. The van der Waals surface area contributed by atoms with Crippen molar-refractivity contribution in [2.24, 2.45) is 11.7 Å². The van der Waals surface area contributed by atoms with Crippen molar-refractivity contribution in [2.75, 3.05) is 13.1 Å². The second-order valence-corrected chi connectivity index (χ2v) is 4.28. The van der Waals surface area contributed by atoms with Crippen LogP contribution < -0.4 is 11.1 Å². The molecule has 3 N–H and O–H groups in total. The summed E-state index contributed by atoms with van der Waals surface area (Å²) in [5.41, 5.74) is 6.84. The fourth-order valence-corrected chi connectivity index (χ4v) is 2.48. The maximum Gasteiger partial charge on any atom is 0.223 e. The van der Waals surface area contributed by atoms with E-state index in [-0.39, 0.29) is 11.8 Å². The first-order valence-electron chi connectivity index (χ1n) is 5.85. The van der Waals surface area contributed by atoms with Gasteiger partial charge < -0.3 is 11.1 Å². The molecule has 0 radical (unpaired) electrons. The lowest BCUT2D eigenvalue weighted by atomic mass is 9.79. The molecule has 1 aromatic carbocycles. The summed E-state index contributed by atoms with van der Waals surface area (Å²) in [7, 11) is 0. The summed E-state index contributed by atoms with van der Waals surface area (Å²) in [5, 5.41) is 2.92. The number of hydrogen-bond donors (Lipinski definition) is 2. The Balaban J connectivity index is 2.20. The quantitative estimate of drug-likeness (QED) is 0.802. The zero-order valence-corrected chi connectivity index (χ0v) is 9.36. The molecule has 86 valence electrons. The van der Waals surface area contributed by atoms with Crippen LogP contribution in [0.3, 0.4) is 0 Å². The molecule has 0 aliphatic carbocycles. The molecular formula is C13H18N2O. The van der Waals surface area contributed by atoms with E-state index in [1.165, 1.54) is 5.56 Å². The molecule has 3 heteroatoms. The maximum atomic E-state index is 11.8. The lowest BCUT2D eigenvalue weighted by Crippen LogP contribution is -2.41. The first-order valence-corrected chi connectivity index (χ1v) is 5.85. The number of carbonyl (C=O) groups excluding carboxylic acids is 1. The minimum Gasteiger partial charge on any atom is -0.356 e. The molecule has 1 aliphatic heterocycles. The first-order chi connectivity index (χ1) is 7.83. The van der Waals surface area contributed by atoms with Crippen molar-refractivity contribution in [1.82, 2.24) is 5.32 Å². The van der Waals surface area contributed by atoms with E-state index in [2.05, 4.69) is 17.4 Å². The molecule has 2 atom stereocenters. The van der Waals surface area contributed by atoms with Gasteiger partial charge in [-0.3, -0.25) is 4.79 Å². The van der Waals surface area contributed by atoms with Gasteiger partial charge in [0, 0.05) is 12.5 Å². The molecule has 1 amide bonds. The van der Waals surface area contributed by atoms with Crippen molar-refractivity contribution < 1.29 is 4.79 Å². The van der Waals surface area contributed by atoms with Crippen LogP contribution in [0.4, 0.5) is 0 Å². The molecule has 0 saturated carbocycles. The van der Waals surface area contributed by atoms with Crippen LogP contribution in [-0.2, 0) is 4.79 Å². The number of nitrogens with two attached hydrogens (primary N) is 1. The van der Waals surface area contributed by atoms with Crippen LogP contribution in [0.2, 0.25) is 0 Å². The van der Waals surface area contributed by atoms with Crippen LogP contribution in [0.15, 0.2) is 30.3 Å². The maximum absolute atomic E-state index is 11.8. The molecular weight excluding hydrogens is 200 g/mol. The lowest BCUT2D eigenvalue weighted by Gasteiger charge is -2.31. The summed E-state index contributed by atoms with van der Waals surface area (Å²) in [6, 6.07) is 10.3. The van der Waals surface area contributed by atoms with Crippen molar-refractivity contribution in [3.63, 3.8) is 0 Å². The summed E-state index contributed by atoms with van der Waals surface area (Å²) < 4.78 is 0. The number of benzene rings is 1. The van der Waals surface area contributed by atoms with E-state index in [1.807, 2.05) is 18.2 Å². The van der Waals surface area contributed by atoms with Gasteiger partial charge in [-0.25, -0.2) is 0 Å². The Morgan fingerprint density at radius 3 is 2.75 bits per heavy atom. The summed E-state index contributed by atoms with van der Waals surface area (Å²) in [6.07, 6.45) is 1.78. The summed E-state index contributed by atoms with van der Waals surface area (Å²) in [4.78, 5) is 11.8. The predicted octanol–water partition coefficient (Wildman–Crippen LogP) is 1.26. The molecule has 0 bridgehead atoms. The third kappa shape index (κ3) is 2.25. The number of amides is 1. The van der Waals surface area contributed by atoms with E-state index >= 15 is 0 Å². The van der Waals surface area contributed by atoms with Crippen LogP contribution >= 0.6 is 0 Å². The molecule has 1 saturated heterocycles. The highest BCUT2D eigenvalue weighted by Gasteiger charge is 2.31. The van der Waals surface area contributed by atoms with Gasteiger partial charge in [0.05, 0.1) is 0 Å². The SMILES string of the molecule is NCCC1C(=O)NCCC1c1ccccc1. The Kier molecular flexibility index (Phi) is 3.57. The Hall–Kier alpha value is -1.35. The highest BCUT2D eigenvalue weighted by Crippen LogP contribution is 2.32. The molecule has 1 fully saturated rings. The van der Waals surface area contributed by atoms with E-state index in [4.69, 9.17) is 5.73 Å². The highest BCUT2D eigenvalue weighted by atomic mass is 16.1. The topological polar surface area (TPSA) is 55.1 Å². The van der Waals surface area contributed by atoms with Crippen LogP contribution in [0.25, 0.3) is 0 Å². The number of carbonyl (C=O) groups is 1. The molecule has 2 rings (SSSR count). The Bertz CT molecular complexity index is 350. The number of rotatable bonds is 3. The molecule has 1 aromatic rings. The molecule has 1 aliphatic rings. The fourth-order valence-electron chi connectivity index (χ4n) is 2.48. The molecule has 2 unspecified atom stereocenters. The zero-order valence-electron chi connectivity index (χ0n) is 9.36. The van der Waals surface area contributed by atoms with Gasteiger partial charge in [-0.15, -0.1) is 0 Å². The minimum absolute atomic E-state index is 0.0427. The average molecular weight is 218 g/mol. The summed E-state index contributed by atoms with van der Waals surface area (Å²) >= 11 is 0. The van der Waals surface area contributed by atoms with Crippen LogP contribution in [0, 0.1) is 5.92 Å². The van der Waals surface area contributed by atoms with Crippen LogP contribution in [0.5, 0.6) is 0 Å². The number of nitrogens with one attached hydrogen (secondary N) is 1. The monoisotopic (exact) mass is 218 g/mol.